The molecule has 3 atom stereocenters. The fraction of sp³-hybridized carbons (Fsp3) is 0.720. The Morgan fingerprint density at radius 1 is 1.11 bits per heavy atom. The van der Waals surface area contributed by atoms with Gasteiger partial charge in [-0.05, 0) is 56.8 Å². The van der Waals surface area contributed by atoms with Crippen LogP contribution in [0.5, 0.6) is 5.75 Å². The first-order valence-corrected chi connectivity index (χ1v) is 11.5. The molecule has 3 heteroatoms. The van der Waals surface area contributed by atoms with E-state index in [1.54, 1.807) is 7.11 Å². The van der Waals surface area contributed by atoms with E-state index in [-0.39, 0.29) is 5.92 Å². The third kappa shape index (κ3) is 6.62. The highest BCUT2D eigenvalue weighted by atomic mass is 16.5. The molecule has 28 heavy (non-hydrogen) atoms. The summed E-state index contributed by atoms with van der Waals surface area (Å²) in [5.41, 5.74) is 1.34. The molecule has 1 aromatic carbocycles. The fourth-order valence-electron chi connectivity index (χ4n) is 4.89. The number of ether oxygens (including phenoxy) is 1. The first-order chi connectivity index (χ1) is 13.6. The molecule has 0 spiro atoms. The van der Waals surface area contributed by atoms with Gasteiger partial charge in [-0.3, -0.25) is 9.69 Å². The maximum absolute atomic E-state index is 13.0. The lowest BCUT2D eigenvalue weighted by molar-refractivity contribution is -0.126. The maximum Gasteiger partial charge on any atom is 0.137 e. The van der Waals surface area contributed by atoms with E-state index in [1.165, 1.54) is 44.1 Å². The van der Waals surface area contributed by atoms with Crippen LogP contribution in [0.15, 0.2) is 24.3 Å². The van der Waals surface area contributed by atoms with Crippen LogP contribution in [0.25, 0.3) is 0 Å². The standard InChI is InChI=1S/C25H41NO2/c1-5-7-8-9-14-25(27)23-12-10-11-13-24(23)26(6-2)20(3)19-21-15-17-22(28-4)18-16-21/h15-18,20,23-24H,5-14,19H2,1-4H3. The van der Waals surface area contributed by atoms with Crippen molar-refractivity contribution in [1.29, 1.82) is 0 Å². The van der Waals surface area contributed by atoms with E-state index >= 15 is 0 Å². The highest BCUT2D eigenvalue weighted by Crippen LogP contribution is 2.32. The topological polar surface area (TPSA) is 29.5 Å². The molecular weight excluding hydrogens is 346 g/mol. The molecule has 0 N–H and O–H groups in total. The van der Waals surface area contributed by atoms with Crippen molar-refractivity contribution in [1.82, 2.24) is 4.90 Å². The molecule has 2 rings (SSSR count). The Hall–Kier alpha value is -1.35. The second-order valence-corrected chi connectivity index (χ2v) is 8.47. The van der Waals surface area contributed by atoms with Gasteiger partial charge >= 0.3 is 0 Å². The molecule has 1 saturated carbocycles. The van der Waals surface area contributed by atoms with Crippen molar-refractivity contribution in [2.45, 2.75) is 97.1 Å². The van der Waals surface area contributed by atoms with Crippen molar-refractivity contribution in [2.24, 2.45) is 5.92 Å². The summed E-state index contributed by atoms with van der Waals surface area (Å²) in [7, 11) is 1.71. The second-order valence-electron chi connectivity index (χ2n) is 8.47. The van der Waals surface area contributed by atoms with Crippen molar-refractivity contribution in [3.05, 3.63) is 29.8 Å². The third-order valence-corrected chi connectivity index (χ3v) is 6.47. The fourth-order valence-corrected chi connectivity index (χ4v) is 4.89. The van der Waals surface area contributed by atoms with Gasteiger partial charge < -0.3 is 4.74 Å². The molecule has 158 valence electrons. The van der Waals surface area contributed by atoms with Gasteiger partial charge in [0.15, 0.2) is 0 Å². The van der Waals surface area contributed by atoms with Crippen LogP contribution in [0, 0.1) is 5.92 Å². The summed E-state index contributed by atoms with van der Waals surface area (Å²) in [5, 5.41) is 0. The number of carbonyl (C=O) groups excluding carboxylic acids is 1. The number of hydrogen-bond donors (Lipinski definition) is 0. The van der Waals surface area contributed by atoms with Crippen molar-refractivity contribution in [3.63, 3.8) is 0 Å². The zero-order chi connectivity index (χ0) is 20.4. The molecule has 0 bridgehead atoms. The lowest BCUT2D eigenvalue weighted by Gasteiger charge is -2.42. The van der Waals surface area contributed by atoms with Gasteiger partial charge in [-0.2, -0.15) is 0 Å². The molecule has 0 radical (unpaired) electrons. The van der Waals surface area contributed by atoms with Gasteiger partial charge in [0.05, 0.1) is 7.11 Å². The van der Waals surface area contributed by atoms with Crippen molar-refractivity contribution >= 4 is 5.78 Å². The Kier molecular flexibility index (Phi) is 10.0. The minimum Gasteiger partial charge on any atom is -0.497 e. The zero-order valence-electron chi connectivity index (χ0n) is 18.6. The van der Waals surface area contributed by atoms with Crippen LogP contribution in [0.4, 0.5) is 0 Å². The predicted molar refractivity (Wildman–Crippen MR) is 118 cm³/mol. The molecule has 0 amide bonds. The third-order valence-electron chi connectivity index (χ3n) is 6.47. The van der Waals surface area contributed by atoms with Crippen molar-refractivity contribution in [2.75, 3.05) is 13.7 Å². The molecular formula is C25H41NO2. The van der Waals surface area contributed by atoms with E-state index in [0.29, 0.717) is 17.9 Å². The number of hydrogen-bond acceptors (Lipinski definition) is 3. The summed E-state index contributed by atoms with van der Waals surface area (Å²) >= 11 is 0. The minimum absolute atomic E-state index is 0.244. The number of benzene rings is 1. The molecule has 0 aliphatic heterocycles. The number of methoxy groups -OCH3 is 1. The Balaban J connectivity index is 2.00. The summed E-state index contributed by atoms with van der Waals surface area (Å²) in [6.45, 7) is 7.82. The van der Waals surface area contributed by atoms with E-state index in [4.69, 9.17) is 4.74 Å². The Morgan fingerprint density at radius 2 is 1.82 bits per heavy atom. The van der Waals surface area contributed by atoms with Gasteiger partial charge in [0, 0.05) is 24.4 Å². The molecule has 0 heterocycles. The Morgan fingerprint density at radius 3 is 2.46 bits per heavy atom. The van der Waals surface area contributed by atoms with Crippen LogP contribution in [0.3, 0.4) is 0 Å². The van der Waals surface area contributed by atoms with Crippen LogP contribution in [-0.2, 0) is 11.2 Å². The SMILES string of the molecule is CCCCCCC(=O)C1CCCCC1N(CC)C(C)Cc1ccc(OC)cc1. The lowest BCUT2D eigenvalue weighted by Crippen LogP contribution is -2.49. The average molecular weight is 388 g/mol. The summed E-state index contributed by atoms with van der Waals surface area (Å²) in [6.07, 6.45) is 11.3. The number of ketones is 1. The summed E-state index contributed by atoms with van der Waals surface area (Å²) in [6, 6.07) is 9.28. The van der Waals surface area contributed by atoms with Crippen LogP contribution in [0.1, 0.15) is 84.1 Å². The number of Topliss-reactive ketones (excluding diaryl/α,β-unsaturated/α-hetero) is 1. The number of unbranched alkanes of at least 4 members (excludes halogenated alkanes) is 3. The lowest BCUT2D eigenvalue weighted by atomic mass is 9.79. The average Bonchev–Trinajstić information content (AvgIpc) is 2.72. The molecule has 1 aliphatic rings. The van der Waals surface area contributed by atoms with E-state index < -0.39 is 0 Å². The first-order valence-electron chi connectivity index (χ1n) is 11.5. The summed E-state index contributed by atoms with van der Waals surface area (Å²) < 4.78 is 5.28. The Labute approximate surface area is 172 Å². The maximum atomic E-state index is 13.0. The monoisotopic (exact) mass is 387 g/mol. The Bertz CT molecular complexity index is 568. The minimum atomic E-state index is 0.244. The smallest absolute Gasteiger partial charge is 0.137 e. The predicted octanol–water partition coefficient (Wildman–Crippen LogP) is 6.05. The second kappa shape index (κ2) is 12.3. The highest BCUT2D eigenvalue weighted by Gasteiger charge is 2.35. The molecule has 1 aromatic rings. The van der Waals surface area contributed by atoms with Gasteiger partial charge in [-0.15, -0.1) is 0 Å². The molecule has 3 nitrogen and oxygen atoms in total. The molecule has 1 fully saturated rings. The first kappa shape index (κ1) is 22.9. The van der Waals surface area contributed by atoms with Gasteiger partial charge in [0.1, 0.15) is 11.5 Å². The van der Waals surface area contributed by atoms with E-state index in [9.17, 15) is 4.79 Å². The number of nitrogens with zero attached hydrogens (tertiary/aromatic N) is 1. The van der Waals surface area contributed by atoms with Gasteiger partial charge in [-0.25, -0.2) is 0 Å². The normalized spacial score (nSPS) is 20.9. The van der Waals surface area contributed by atoms with Crippen LogP contribution < -0.4 is 4.74 Å². The quantitative estimate of drug-likeness (QED) is 0.409. The van der Waals surface area contributed by atoms with Crippen molar-refractivity contribution in [3.8, 4) is 5.75 Å². The van der Waals surface area contributed by atoms with Crippen LogP contribution in [0.2, 0.25) is 0 Å². The molecule has 1 aliphatic carbocycles. The summed E-state index contributed by atoms with van der Waals surface area (Å²) in [5.74, 6) is 1.68. The molecule has 0 saturated heterocycles. The van der Waals surface area contributed by atoms with E-state index in [2.05, 4.69) is 37.8 Å². The summed E-state index contributed by atoms with van der Waals surface area (Å²) in [4.78, 5) is 15.6. The highest BCUT2D eigenvalue weighted by molar-refractivity contribution is 5.81. The number of carbonyl (C=O) groups is 1. The van der Waals surface area contributed by atoms with Gasteiger partial charge in [0.25, 0.3) is 0 Å². The molecule has 3 unspecified atom stereocenters. The largest absolute Gasteiger partial charge is 0.497 e. The molecule has 0 aromatic heterocycles. The van der Waals surface area contributed by atoms with Crippen LogP contribution >= 0.6 is 0 Å². The van der Waals surface area contributed by atoms with Gasteiger partial charge in [-0.1, -0.05) is 58.1 Å². The zero-order valence-corrected chi connectivity index (χ0v) is 18.6. The number of likely N-dealkylation sites (N-methyl/N-ethyl adjacent to an activating group) is 1. The van der Waals surface area contributed by atoms with Gasteiger partial charge in [0.2, 0.25) is 0 Å². The van der Waals surface area contributed by atoms with E-state index in [1.807, 2.05) is 12.1 Å². The van der Waals surface area contributed by atoms with Crippen LogP contribution in [-0.4, -0.2) is 36.4 Å². The van der Waals surface area contributed by atoms with E-state index in [0.717, 1.165) is 38.0 Å². The van der Waals surface area contributed by atoms with Crippen molar-refractivity contribution < 1.29 is 9.53 Å². The number of rotatable bonds is 12.